The fourth-order valence-corrected chi connectivity index (χ4v) is 3.50. The van der Waals surface area contributed by atoms with Crippen LogP contribution in [0.25, 0.3) is 17.0 Å². The van der Waals surface area contributed by atoms with Gasteiger partial charge in [-0.25, -0.2) is 0 Å². The highest BCUT2D eigenvalue weighted by atomic mass is 35.5. The number of nitrogens with one attached hydrogen (secondary N) is 1. The van der Waals surface area contributed by atoms with Crippen LogP contribution in [0.2, 0.25) is 5.02 Å². The van der Waals surface area contributed by atoms with Crippen molar-refractivity contribution in [2.75, 3.05) is 19.5 Å². The molecule has 4 aromatic rings. The summed E-state index contributed by atoms with van der Waals surface area (Å²) in [7, 11) is 3.18. The van der Waals surface area contributed by atoms with Gasteiger partial charge in [0.15, 0.2) is 5.78 Å². The number of carbonyl (C=O) groups excluding carboxylic acids is 1. The second-order valence-electron chi connectivity index (χ2n) is 7.07. The number of anilines is 2. The summed E-state index contributed by atoms with van der Waals surface area (Å²) >= 11 is 6.08. The summed E-state index contributed by atoms with van der Waals surface area (Å²) in [5.74, 6) is 1.21. The van der Waals surface area contributed by atoms with Crippen LogP contribution in [-0.4, -0.2) is 25.0 Å². The van der Waals surface area contributed by atoms with Gasteiger partial charge in [-0.2, -0.15) is 0 Å². The highest BCUT2D eigenvalue weighted by molar-refractivity contribution is 6.31. The number of aromatic nitrogens is 1. The smallest absolute Gasteiger partial charge is 0.185 e. The molecule has 0 atom stereocenters. The van der Waals surface area contributed by atoms with Crippen molar-refractivity contribution < 1.29 is 14.3 Å². The number of pyridine rings is 1. The van der Waals surface area contributed by atoms with E-state index in [1.54, 1.807) is 38.6 Å². The van der Waals surface area contributed by atoms with E-state index in [4.69, 9.17) is 21.1 Å². The third-order valence-corrected chi connectivity index (χ3v) is 5.17. The number of halogens is 1. The molecule has 0 unspecified atom stereocenters. The number of allylic oxidation sites excluding steroid dienone is 1. The largest absolute Gasteiger partial charge is 0.497 e. The van der Waals surface area contributed by atoms with Gasteiger partial charge in [0.1, 0.15) is 11.5 Å². The van der Waals surface area contributed by atoms with Gasteiger partial charge >= 0.3 is 0 Å². The third-order valence-electron chi connectivity index (χ3n) is 4.93. The lowest BCUT2D eigenvalue weighted by atomic mass is 10.1. The lowest BCUT2D eigenvalue weighted by molar-refractivity contribution is 0.104. The molecule has 0 radical (unpaired) electrons. The highest BCUT2D eigenvalue weighted by Crippen LogP contribution is 2.28. The minimum absolute atomic E-state index is 0.109. The Bertz CT molecular complexity index is 1300. The van der Waals surface area contributed by atoms with Crippen LogP contribution in [0, 0.1) is 0 Å². The van der Waals surface area contributed by atoms with Crippen molar-refractivity contribution in [1.82, 2.24) is 4.98 Å². The molecule has 3 aromatic carbocycles. The molecule has 1 heterocycles. The van der Waals surface area contributed by atoms with Crippen LogP contribution in [-0.2, 0) is 0 Å². The monoisotopic (exact) mass is 444 g/mol. The maximum atomic E-state index is 12.8. The Labute approximate surface area is 191 Å². The van der Waals surface area contributed by atoms with E-state index in [-0.39, 0.29) is 5.78 Å². The van der Waals surface area contributed by atoms with E-state index in [1.165, 1.54) is 6.08 Å². The molecule has 160 valence electrons. The molecule has 0 saturated carbocycles. The van der Waals surface area contributed by atoms with E-state index in [9.17, 15) is 4.79 Å². The average Bonchev–Trinajstić information content (AvgIpc) is 2.82. The quantitative estimate of drug-likeness (QED) is 0.259. The summed E-state index contributed by atoms with van der Waals surface area (Å²) in [6.45, 7) is 0. The van der Waals surface area contributed by atoms with E-state index in [0.29, 0.717) is 22.1 Å². The maximum absolute atomic E-state index is 12.8. The summed E-state index contributed by atoms with van der Waals surface area (Å²) in [6.07, 6.45) is 5.01. The molecule has 5 nitrogen and oxygen atoms in total. The topological polar surface area (TPSA) is 60.5 Å². The molecule has 0 amide bonds. The van der Waals surface area contributed by atoms with E-state index < -0.39 is 0 Å². The molecule has 1 aromatic heterocycles. The lowest BCUT2D eigenvalue weighted by Gasteiger charge is -2.10. The van der Waals surface area contributed by atoms with Crippen molar-refractivity contribution in [1.29, 1.82) is 0 Å². The van der Waals surface area contributed by atoms with Crippen molar-refractivity contribution in [3.05, 3.63) is 95.2 Å². The zero-order valence-electron chi connectivity index (χ0n) is 17.6. The van der Waals surface area contributed by atoms with Crippen LogP contribution >= 0.6 is 11.6 Å². The first-order chi connectivity index (χ1) is 15.6. The van der Waals surface area contributed by atoms with Crippen LogP contribution in [0.15, 0.2) is 79.0 Å². The second-order valence-corrected chi connectivity index (χ2v) is 7.51. The molecule has 0 aliphatic rings. The molecule has 0 fully saturated rings. The number of nitrogens with zero attached hydrogens (tertiary/aromatic N) is 1. The van der Waals surface area contributed by atoms with Gasteiger partial charge in [0, 0.05) is 39.6 Å². The first kappa shape index (κ1) is 21.4. The maximum Gasteiger partial charge on any atom is 0.185 e. The zero-order valence-corrected chi connectivity index (χ0v) is 18.4. The summed E-state index contributed by atoms with van der Waals surface area (Å²) in [5, 5.41) is 4.95. The van der Waals surface area contributed by atoms with Crippen molar-refractivity contribution >= 4 is 45.7 Å². The molecule has 0 saturated heterocycles. The Morgan fingerprint density at radius 2 is 1.75 bits per heavy atom. The zero-order chi connectivity index (χ0) is 22.5. The third kappa shape index (κ3) is 4.90. The molecule has 6 heteroatoms. The van der Waals surface area contributed by atoms with Gasteiger partial charge in [-0.1, -0.05) is 29.8 Å². The van der Waals surface area contributed by atoms with Crippen LogP contribution in [0.5, 0.6) is 11.5 Å². The first-order valence-electron chi connectivity index (χ1n) is 9.92. The molecular formula is C26H21ClN2O3. The number of fused-ring (bicyclic) bond motifs is 1. The molecule has 0 aliphatic heterocycles. The minimum atomic E-state index is -0.109. The van der Waals surface area contributed by atoms with Crippen molar-refractivity contribution in [3.8, 4) is 11.5 Å². The van der Waals surface area contributed by atoms with Crippen LogP contribution in [0.4, 0.5) is 11.4 Å². The average molecular weight is 445 g/mol. The molecular weight excluding hydrogens is 424 g/mol. The van der Waals surface area contributed by atoms with E-state index in [0.717, 1.165) is 27.8 Å². The fourth-order valence-electron chi connectivity index (χ4n) is 3.33. The summed E-state index contributed by atoms with van der Waals surface area (Å²) in [5.41, 5.74) is 3.87. The van der Waals surface area contributed by atoms with Gasteiger partial charge < -0.3 is 14.8 Å². The summed E-state index contributed by atoms with van der Waals surface area (Å²) in [4.78, 5) is 17.1. The number of ether oxygens (including phenoxy) is 2. The number of ketones is 1. The normalized spacial score (nSPS) is 11.0. The van der Waals surface area contributed by atoms with Crippen LogP contribution in [0.1, 0.15) is 15.9 Å². The number of benzene rings is 3. The van der Waals surface area contributed by atoms with Gasteiger partial charge in [0.25, 0.3) is 0 Å². The molecule has 0 aliphatic carbocycles. The Morgan fingerprint density at radius 1 is 0.969 bits per heavy atom. The van der Waals surface area contributed by atoms with Gasteiger partial charge in [-0.3, -0.25) is 9.78 Å². The molecule has 32 heavy (non-hydrogen) atoms. The Kier molecular flexibility index (Phi) is 6.38. The molecule has 4 rings (SSSR count). The predicted octanol–water partition coefficient (Wildman–Crippen LogP) is 6.55. The minimum Gasteiger partial charge on any atom is -0.497 e. The number of hydrogen-bond donors (Lipinski definition) is 1. The van der Waals surface area contributed by atoms with Crippen molar-refractivity contribution in [2.45, 2.75) is 0 Å². The number of rotatable bonds is 7. The molecule has 0 bridgehead atoms. The first-order valence-corrected chi connectivity index (χ1v) is 10.3. The summed E-state index contributed by atoms with van der Waals surface area (Å²) < 4.78 is 10.6. The van der Waals surface area contributed by atoms with Crippen molar-refractivity contribution in [2.24, 2.45) is 0 Å². The number of hydrogen-bond acceptors (Lipinski definition) is 5. The van der Waals surface area contributed by atoms with E-state index in [2.05, 4.69) is 10.3 Å². The van der Waals surface area contributed by atoms with Gasteiger partial charge in [-0.15, -0.1) is 0 Å². The van der Waals surface area contributed by atoms with Crippen LogP contribution in [0.3, 0.4) is 0 Å². The Balaban J connectivity index is 1.56. The standard InChI is InChI=1S/C26H21ClN2O3/c1-31-21-12-17(13-22(16-21)32-2)6-9-26(30)18-4-3-5-20(14-18)29-24-10-11-28-25-15-19(27)7-8-23(24)25/h3-16H,1-2H3,(H,28,29)/b9-6+. The fraction of sp³-hybridized carbons (Fsp3) is 0.0769. The SMILES string of the molecule is COc1cc(/C=C/C(=O)c2cccc(Nc3ccnc4cc(Cl)ccc34)c2)cc(OC)c1. The van der Waals surface area contributed by atoms with Gasteiger partial charge in [0.2, 0.25) is 0 Å². The Morgan fingerprint density at radius 3 is 2.50 bits per heavy atom. The Hall–Kier alpha value is -3.83. The summed E-state index contributed by atoms with van der Waals surface area (Å²) in [6, 6.07) is 20.3. The second kappa shape index (κ2) is 9.54. The van der Waals surface area contributed by atoms with Gasteiger partial charge in [-0.05, 0) is 60.2 Å². The highest BCUT2D eigenvalue weighted by Gasteiger charge is 2.07. The number of methoxy groups -OCH3 is 2. The van der Waals surface area contributed by atoms with E-state index in [1.807, 2.05) is 54.6 Å². The predicted molar refractivity (Wildman–Crippen MR) is 129 cm³/mol. The molecule has 0 spiro atoms. The van der Waals surface area contributed by atoms with E-state index >= 15 is 0 Å². The molecule has 1 N–H and O–H groups in total. The van der Waals surface area contributed by atoms with Crippen LogP contribution < -0.4 is 14.8 Å². The number of carbonyl (C=O) groups is 1. The van der Waals surface area contributed by atoms with Gasteiger partial charge in [0.05, 0.1) is 19.7 Å². The lowest BCUT2D eigenvalue weighted by Crippen LogP contribution is -1.97. The van der Waals surface area contributed by atoms with Crippen molar-refractivity contribution in [3.63, 3.8) is 0 Å².